The second kappa shape index (κ2) is 8.97. The van der Waals surface area contributed by atoms with Crippen LogP contribution in [0.1, 0.15) is 19.4 Å². The van der Waals surface area contributed by atoms with E-state index in [1.54, 1.807) is 6.92 Å². The van der Waals surface area contributed by atoms with Crippen molar-refractivity contribution in [3.05, 3.63) is 35.9 Å². The molecular weight excluding hydrogens is 272 g/mol. The molecule has 1 aromatic rings. The number of urea groups is 1. The van der Waals surface area contributed by atoms with Gasteiger partial charge in [0.25, 0.3) is 0 Å². The maximum atomic E-state index is 11.8. The summed E-state index contributed by atoms with van der Waals surface area (Å²) in [6, 6.07) is 7.51. The first kappa shape index (κ1) is 17.0. The molecule has 0 aliphatic heterocycles. The van der Waals surface area contributed by atoms with Gasteiger partial charge < -0.3 is 20.5 Å². The molecule has 2 amide bonds. The number of carbonyl (C=O) groups excluding carboxylic acids is 1. The fourth-order valence-corrected chi connectivity index (χ4v) is 1.81. The van der Waals surface area contributed by atoms with Crippen molar-refractivity contribution in [2.75, 3.05) is 13.2 Å². The van der Waals surface area contributed by atoms with Gasteiger partial charge in [0.15, 0.2) is 0 Å². The van der Waals surface area contributed by atoms with Crippen LogP contribution in [-0.2, 0) is 16.0 Å². The van der Waals surface area contributed by atoms with E-state index in [9.17, 15) is 14.7 Å². The number of nitrogens with one attached hydrogen (secondary N) is 2. The average Bonchev–Trinajstić information content (AvgIpc) is 2.45. The highest BCUT2D eigenvalue weighted by molar-refractivity contribution is 5.82. The number of rotatable bonds is 8. The lowest BCUT2D eigenvalue weighted by atomic mass is 10.1. The second-order valence-electron chi connectivity index (χ2n) is 4.76. The number of ether oxygens (including phenoxy) is 1. The minimum absolute atomic E-state index is 0.184. The van der Waals surface area contributed by atoms with Crippen LogP contribution in [0.4, 0.5) is 4.79 Å². The van der Waals surface area contributed by atoms with Gasteiger partial charge in [0.1, 0.15) is 6.04 Å². The number of hydrogen-bond donors (Lipinski definition) is 3. The standard InChI is InChI=1S/C15H22N2O4/c1-3-21-10-11(2)16-15(20)17-13(14(18)19)9-12-7-5-4-6-8-12/h4-8,11,13H,3,9-10H2,1-2H3,(H,18,19)(H2,16,17,20). The molecule has 1 aromatic carbocycles. The molecule has 2 atom stereocenters. The van der Waals surface area contributed by atoms with Crippen LogP contribution in [-0.4, -0.2) is 42.4 Å². The Bertz CT molecular complexity index is 450. The van der Waals surface area contributed by atoms with Gasteiger partial charge in [0.2, 0.25) is 0 Å². The first-order valence-electron chi connectivity index (χ1n) is 6.94. The molecule has 1 rings (SSSR count). The highest BCUT2D eigenvalue weighted by atomic mass is 16.5. The first-order valence-corrected chi connectivity index (χ1v) is 6.94. The van der Waals surface area contributed by atoms with Crippen molar-refractivity contribution in [1.82, 2.24) is 10.6 Å². The number of amides is 2. The van der Waals surface area contributed by atoms with Gasteiger partial charge in [-0.05, 0) is 19.4 Å². The predicted molar refractivity (Wildman–Crippen MR) is 79.2 cm³/mol. The SMILES string of the molecule is CCOCC(C)NC(=O)NC(Cc1ccccc1)C(=O)O. The summed E-state index contributed by atoms with van der Waals surface area (Å²) in [5.74, 6) is -1.06. The van der Waals surface area contributed by atoms with Crippen molar-refractivity contribution >= 4 is 12.0 Å². The second-order valence-corrected chi connectivity index (χ2v) is 4.76. The lowest BCUT2D eigenvalue weighted by Gasteiger charge is -2.18. The van der Waals surface area contributed by atoms with Crippen molar-refractivity contribution in [2.45, 2.75) is 32.4 Å². The molecule has 0 saturated carbocycles. The Labute approximate surface area is 124 Å². The van der Waals surface area contributed by atoms with Crippen LogP contribution in [0, 0.1) is 0 Å². The van der Waals surface area contributed by atoms with Crippen molar-refractivity contribution in [3.63, 3.8) is 0 Å². The first-order chi connectivity index (χ1) is 10.0. The fourth-order valence-electron chi connectivity index (χ4n) is 1.81. The quantitative estimate of drug-likeness (QED) is 0.676. The third-order valence-corrected chi connectivity index (χ3v) is 2.84. The monoisotopic (exact) mass is 294 g/mol. The van der Waals surface area contributed by atoms with Crippen molar-refractivity contribution in [1.29, 1.82) is 0 Å². The summed E-state index contributed by atoms with van der Waals surface area (Å²) >= 11 is 0. The molecule has 6 heteroatoms. The van der Waals surface area contributed by atoms with E-state index in [1.165, 1.54) is 0 Å². The van der Waals surface area contributed by atoms with Crippen molar-refractivity contribution < 1.29 is 19.4 Å². The largest absolute Gasteiger partial charge is 0.480 e. The van der Waals surface area contributed by atoms with Gasteiger partial charge in [-0.3, -0.25) is 0 Å². The molecule has 2 unspecified atom stereocenters. The van der Waals surface area contributed by atoms with E-state index in [1.807, 2.05) is 37.3 Å². The number of carboxylic acid groups (broad SMARTS) is 1. The smallest absolute Gasteiger partial charge is 0.326 e. The molecule has 0 heterocycles. The highest BCUT2D eigenvalue weighted by Crippen LogP contribution is 2.03. The summed E-state index contributed by atoms with van der Waals surface area (Å²) in [6.45, 7) is 4.62. The summed E-state index contributed by atoms with van der Waals surface area (Å²) in [6.07, 6.45) is 0.240. The van der Waals surface area contributed by atoms with Gasteiger partial charge in [-0.25, -0.2) is 9.59 Å². The topological polar surface area (TPSA) is 87.7 Å². The molecule has 0 spiro atoms. The molecule has 0 radical (unpaired) electrons. The Hall–Kier alpha value is -2.08. The zero-order chi connectivity index (χ0) is 15.7. The minimum atomic E-state index is -1.06. The third-order valence-electron chi connectivity index (χ3n) is 2.84. The van der Waals surface area contributed by atoms with E-state index in [4.69, 9.17) is 4.74 Å². The highest BCUT2D eigenvalue weighted by Gasteiger charge is 2.20. The summed E-state index contributed by atoms with van der Waals surface area (Å²) in [5.41, 5.74) is 0.854. The van der Waals surface area contributed by atoms with Gasteiger partial charge in [-0.2, -0.15) is 0 Å². The molecule has 21 heavy (non-hydrogen) atoms. The lowest BCUT2D eigenvalue weighted by molar-refractivity contribution is -0.139. The Morgan fingerprint density at radius 2 is 1.90 bits per heavy atom. The number of carboxylic acids is 1. The maximum absolute atomic E-state index is 11.8. The van der Waals surface area contributed by atoms with Gasteiger partial charge in [-0.15, -0.1) is 0 Å². The number of benzene rings is 1. The van der Waals surface area contributed by atoms with Crippen LogP contribution in [0.15, 0.2) is 30.3 Å². The molecular formula is C15H22N2O4. The molecule has 0 bridgehead atoms. The van der Waals surface area contributed by atoms with E-state index >= 15 is 0 Å². The van der Waals surface area contributed by atoms with Gasteiger partial charge in [0.05, 0.1) is 12.6 Å². The van der Waals surface area contributed by atoms with Crippen molar-refractivity contribution in [3.8, 4) is 0 Å². The van der Waals surface area contributed by atoms with Gasteiger partial charge in [0, 0.05) is 13.0 Å². The summed E-state index contributed by atoms with van der Waals surface area (Å²) in [4.78, 5) is 23.0. The van der Waals surface area contributed by atoms with Crippen LogP contribution < -0.4 is 10.6 Å². The van der Waals surface area contributed by atoms with E-state index in [-0.39, 0.29) is 12.5 Å². The van der Waals surface area contributed by atoms with Gasteiger partial charge >= 0.3 is 12.0 Å². The number of hydrogen-bond acceptors (Lipinski definition) is 3. The van der Waals surface area contributed by atoms with E-state index in [2.05, 4.69) is 10.6 Å². The lowest BCUT2D eigenvalue weighted by Crippen LogP contribution is -2.50. The third kappa shape index (κ3) is 6.76. The summed E-state index contributed by atoms with van der Waals surface area (Å²) in [7, 11) is 0. The number of aliphatic carboxylic acids is 1. The van der Waals surface area contributed by atoms with Crippen molar-refractivity contribution in [2.24, 2.45) is 0 Å². The average molecular weight is 294 g/mol. The maximum Gasteiger partial charge on any atom is 0.326 e. The van der Waals surface area contributed by atoms with Gasteiger partial charge in [-0.1, -0.05) is 30.3 Å². The molecule has 0 aromatic heterocycles. The molecule has 116 valence electrons. The number of carbonyl (C=O) groups is 2. The zero-order valence-corrected chi connectivity index (χ0v) is 12.3. The normalized spacial score (nSPS) is 13.2. The van der Waals surface area contributed by atoms with Crippen LogP contribution in [0.25, 0.3) is 0 Å². The molecule has 0 saturated heterocycles. The Kier molecular flexibility index (Phi) is 7.25. The van der Waals surface area contributed by atoms with Crippen LogP contribution >= 0.6 is 0 Å². The van der Waals surface area contributed by atoms with E-state index in [0.717, 1.165) is 5.56 Å². The van der Waals surface area contributed by atoms with Crippen LogP contribution in [0.2, 0.25) is 0 Å². The zero-order valence-electron chi connectivity index (χ0n) is 12.3. The molecule has 0 aliphatic rings. The molecule has 0 fully saturated rings. The summed E-state index contributed by atoms with van der Waals surface area (Å²) < 4.78 is 5.19. The Morgan fingerprint density at radius 3 is 2.48 bits per heavy atom. The molecule has 0 aliphatic carbocycles. The Balaban J connectivity index is 2.50. The van der Waals surface area contributed by atoms with E-state index < -0.39 is 18.0 Å². The molecule has 3 N–H and O–H groups in total. The Morgan fingerprint density at radius 1 is 1.24 bits per heavy atom. The van der Waals surface area contributed by atoms with Crippen LogP contribution in [0.3, 0.4) is 0 Å². The molecule has 6 nitrogen and oxygen atoms in total. The fraction of sp³-hybridized carbons (Fsp3) is 0.467. The van der Waals surface area contributed by atoms with Crippen LogP contribution in [0.5, 0.6) is 0 Å². The predicted octanol–water partition coefficient (Wildman–Crippen LogP) is 1.41. The minimum Gasteiger partial charge on any atom is -0.480 e. The van der Waals surface area contributed by atoms with E-state index in [0.29, 0.717) is 13.2 Å². The summed E-state index contributed by atoms with van der Waals surface area (Å²) in [5, 5.41) is 14.3.